The van der Waals surface area contributed by atoms with Crippen LogP contribution in [0.3, 0.4) is 0 Å². The van der Waals surface area contributed by atoms with Gasteiger partial charge in [0.15, 0.2) is 0 Å². The first kappa shape index (κ1) is 13.1. The summed E-state index contributed by atoms with van der Waals surface area (Å²) in [5, 5.41) is 0. The lowest BCUT2D eigenvalue weighted by molar-refractivity contribution is -0.166. The second-order valence-electron chi connectivity index (χ2n) is 5.37. The van der Waals surface area contributed by atoms with Crippen molar-refractivity contribution in [2.75, 3.05) is 0 Å². The summed E-state index contributed by atoms with van der Waals surface area (Å²) < 4.78 is 11.4. The number of carbonyl (C=O) groups excluding carboxylic acids is 1. The van der Waals surface area contributed by atoms with E-state index < -0.39 is 5.60 Å². The molecule has 1 aromatic rings. The SMILES string of the molecule is CC1CCC(OC(=O)c2ccccc2)C(C)(C)O1. The summed E-state index contributed by atoms with van der Waals surface area (Å²) in [5.74, 6) is -0.271. The Balaban J connectivity index is 2.03. The minimum Gasteiger partial charge on any atom is -0.456 e. The summed E-state index contributed by atoms with van der Waals surface area (Å²) in [5.41, 5.74) is 0.175. The fourth-order valence-electron chi connectivity index (χ4n) is 2.36. The van der Waals surface area contributed by atoms with Gasteiger partial charge in [0.2, 0.25) is 0 Å². The largest absolute Gasteiger partial charge is 0.456 e. The maximum atomic E-state index is 12.0. The summed E-state index contributed by atoms with van der Waals surface area (Å²) in [7, 11) is 0. The van der Waals surface area contributed by atoms with Crippen LogP contribution >= 0.6 is 0 Å². The molecule has 0 saturated carbocycles. The third-order valence-electron chi connectivity index (χ3n) is 3.37. The van der Waals surface area contributed by atoms with E-state index in [1.807, 2.05) is 32.0 Å². The van der Waals surface area contributed by atoms with Gasteiger partial charge in [0.25, 0.3) is 0 Å². The van der Waals surface area contributed by atoms with E-state index in [9.17, 15) is 4.79 Å². The van der Waals surface area contributed by atoms with E-state index in [0.29, 0.717) is 5.56 Å². The first-order valence-corrected chi connectivity index (χ1v) is 6.43. The Morgan fingerprint density at radius 2 is 1.94 bits per heavy atom. The quantitative estimate of drug-likeness (QED) is 0.754. The molecule has 2 unspecified atom stereocenters. The van der Waals surface area contributed by atoms with Crippen molar-refractivity contribution in [2.45, 2.75) is 51.4 Å². The molecule has 0 radical (unpaired) electrons. The van der Waals surface area contributed by atoms with E-state index in [-0.39, 0.29) is 18.2 Å². The Hall–Kier alpha value is -1.35. The summed E-state index contributed by atoms with van der Waals surface area (Å²) >= 11 is 0. The van der Waals surface area contributed by atoms with Crippen LogP contribution < -0.4 is 0 Å². The Morgan fingerprint density at radius 1 is 1.28 bits per heavy atom. The van der Waals surface area contributed by atoms with Crippen molar-refractivity contribution in [2.24, 2.45) is 0 Å². The zero-order valence-corrected chi connectivity index (χ0v) is 11.2. The highest BCUT2D eigenvalue weighted by molar-refractivity contribution is 5.89. The number of esters is 1. The standard InChI is InChI=1S/C15H20O3/c1-11-9-10-13(15(2,3)18-11)17-14(16)12-7-5-4-6-8-12/h4-8,11,13H,9-10H2,1-3H3. The molecule has 0 aromatic heterocycles. The second-order valence-corrected chi connectivity index (χ2v) is 5.37. The van der Waals surface area contributed by atoms with Crippen molar-refractivity contribution in [3.8, 4) is 0 Å². The molecular formula is C15H20O3. The molecule has 98 valence electrons. The zero-order valence-electron chi connectivity index (χ0n) is 11.2. The molecule has 1 fully saturated rings. The first-order valence-electron chi connectivity index (χ1n) is 6.43. The molecule has 3 heteroatoms. The highest BCUT2D eigenvalue weighted by Crippen LogP contribution is 2.31. The fraction of sp³-hybridized carbons (Fsp3) is 0.533. The summed E-state index contributed by atoms with van der Waals surface area (Å²) in [6.45, 7) is 6.01. The van der Waals surface area contributed by atoms with Gasteiger partial charge in [0.1, 0.15) is 6.10 Å². The Morgan fingerprint density at radius 3 is 2.56 bits per heavy atom. The predicted molar refractivity (Wildman–Crippen MR) is 69.5 cm³/mol. The van der Waals surface area contributed by atoms with Crippen LogP contribution in [0.2, 0.25) is 0 Å². The van der Waals surface area contributed by atoms with Crippen LogP contribution in [0.25, 0.3) is 0 Å². The number of ether oxygens (including phenoxy) is 2. The lowest BCUT2D eigenvalue weighted by atomic mass is 9.92. The van der Waals surface area contributed by atoms with E-state index in [0.717, 1.165) is 12.8 Å². The number of rotatable bonds is 2. The highest BCUT2D eigenvalue weighted by atomic mass is 16.6. The molecule has 3 nitrogen and oxygen atoms in total. The zero-order chi connectivity index (χ0) is 13.2. The normalized spacial score (nSPS) is 26.6. The monoisotopic (exact) mass is 248 g/mol. The van der Waals surface area contributed by atoms with Gasteiger partial charge in [-0.25, -0.2) is 4.79 Å². The van der Waals surface area contributed by atoms with Crippen molar-refractivity contribution in [3.05, 3.63) is 35.9 Å². The number of carbonyl (C=O) groups is 1. The summed E-state index contributed by atoms with van der Waals surface area (Å²) in [4.78, 5) is 12.0. The third kappa shape index (κ3) is 2.91. The molecule has 2 atom stereocenters. The van der Waals surface area contributed by atoms with Crippen molar-refractivity contribution >= 4 is 5.97 Å². The van der Waals surface area contributed by atoms with E-state index in [1.165, 1.54) is 0 Å². The highest BCUT2D eigenvalue weighted by Gasteiger charge is 2.39. The van der Waals surface area contributed by atoms with Crippen molar-refractivity contribution in [3.63, 3.8) is 0 Å². The molecular weight excluding hydrogens is 228 g/mol. The van der Waals surface area contributed by atoms with Gasteiger partial charge in [-0.05, 0) is 45.7 Å². The van der Waals surface area contributed by atoms with Gasteiger partial charge in [-0.15, -0.1) is 0 Å². The minimum absolute atomic E-state index is 0.179. The van der Waals surface area contributed by atoms with E-state index in [4.69, 9.17) is 9.47 Å². The minimum atomic E-state index is -0.415. The predicted octanol–water partition coefficient (Wildman–Crippen LogP) is 3.19. The molecule has 2 rings (SSSR count). The fourth-order valence-corrected chi connectivity index (χ4v) is 2.36. The molecule has 1 aliphatic rings. The van der Waals surface area contributed by atoms with Crippen LogP contribution in [-0.2, 0) is 9.47 Å². The van der Waals surface area contributed by atoms with Gasteiger partial charge in [0.05, 0.1) is 17.3 Å². The lowest BCUT2D eigenvalue weighted by Crippen LogP contribution is -2.48. The van der Waals surface area contributed by atoms with Crippen LogP contribution in [0.15, 0.2) is 30.3 Å². The first-order chi connectivity index (χ1) is 8.49. The maximum Gasteiger partial charge on any atom is 0.338 e. The van der Waals surface area contributed by atoms with Gasteiger partial charge in [-0.3, -0.25) is 0 Å². The van der Waals surface area contributed by atoms with E-state index in [1.54, 1.807) is 12.1 Å². The number of hydrogen-bond donors (Lipinski definition) is 0. The smallest absolute Gasteiger partial charge is 0.338 e. The molecule has 0 spiro atoms. The van der Waals surface area contributed by atoms with Crippen LogP contribution in [0.1, 0.15) is 44.0 Å². The number of hydrogen-bond acceptors (Lipinski definition) is 3. The van der Waals surface area contributed by atoms with E-state index in [2.05, 4.69) is 6.92 Å². The molecule has 0 aliphatic carbocycles. The lowest BCUT2D eigenvalue weighted by Gasteiger charge is -2.40. The molecule has 1 heterocycles. The molecule has 1 aromatic carbocycles. The third-order valence-corrected chi connectivity index (χ3v) is 3.37. The van der Waals surface area contributed by atoms with Crippen LogP contribution in [0.5, 0.6) is 0 Å². The molecule has 0 N–H and O–H groups in total. The average Bonchev–Trinajstić information content (AvgIpc) is 2.33. The van der Waals surface area contributed by atoms with Gasteiger partial charge in [-0.1, -0.05) is 18.2 Å². The summed E-state index contributed by atoms with van der Waals surface area (Å²) in [6.07, 6.45) is 1.83. The van der Waals surface area contributed by atoms with Crippen molar-refractivity contribution in [1.82, 2.24) is 0 Å². The Bertz CT molecular complexity index is 411. The Kier molecular flexibility index (Phi) is 3.71. The summed E-state index contributed by atoms with van der Waals surface area (Å²) in [6, 6.07) is 9.08. The topological polar surface area (TPSA) is 35.5 Å². The molecule has 0 amide bonds. The van der Waals surface area contributed by atoms with Gasteiger partial charge < -0.3 is 9.47 Å². The van der Waals surface area contributed by atoms with E-state index >= 15 is 0 Å². The van der Waals surface area contributed by atoms with Crippen molar-refractivity contribution < 1.29 is 14.3 Å². The van der Waals surface area contributed by atoms with Gasteiger partial charge >= 0.3 is 5.97 Å². The molecule has 18 heavy (non-hydrogen) atoms. The molecule has 1 saturated heterocycles. The van der Waals surface area contributed by atoms with Crippen molar-refractivity contribution in [1.29, 1.82) is 0 Å². The average molecular weight is 248 g/mol. The number of benzene rings is 1. The second kappa shape index (κ2) is 5.11. The Labute approximate surface area is 108 Å². The molecule has 0 bridgehead atoms. The van der Waals surface area contributed by atoms with Crippen LogP contribution in [-0.4, -0.2) is 23.8 Å². The van der Waals surface area contributed by atoms with Gasteiger partial charge in [-0.2, -0.15) is 0 Å². The molecule has 1 aliphatic heterocycles. The maximum absolute atomic E-state index is 12.0. The van der Waals surface area contributed by atoms with Crippen LogP contribution in [0, 0.1) is 0 Å². The van der Waals surface area contributed by atoms with Gasteiger partial charge in [0, 0.05) is 0 Å². The van der Waals surface area contributed by atoms with Crippen LogP contribution in [0.4, 0.5) is 0 Å².